The molecule has 0 aliphatic heterocycles. The maximum atomic E-state index is 3.89. The summed E-state index contributed by atoms with van der Waals surface area (Å²) >= 11 is 1.32. The van der Waals surface area contributed by atoms with Crippen LogP contribution in [0.15, 0.2) is 0 Å². The zero-order valence-electron chi connectivity index (χ0n) is 9.36. The lowest BCUT2D eigenvalue weighted by atomic mass is 9.78. The molecule has 0 aromatic carbocycles. The van der Waals surface area contributed by atoms with E-state index in [9.17, 15) is 0 Å². The summed E-state index contributed by atoms with van der Waals surface area (Å²) in [5, 5.41) is 11.6. The number of anilines is 1. The Morgan fingerprint density at radius 2 is 2.13 bits per heavy atom. The number of hydrogen-bond acceptors (Lipinski definition) is 5. The third-order valence-electron chi connectivity index (χ3n) is 3.45. The number of hydrogen-bond donors (Lipinski definition) is 1. The number of aromatic nitrogens is 3. The first-order valence-electron chi connectivity index (χ1n) is 5.57. The van der Waals surface area contributed by atoms with E-state index >= 15 is 0 Å². The van der Waals surface area contributed by atoms with E-state index in [1.54, 1.807) is 0 Å². The van der Waals surface area contributed by atoms with Crippen LogP contribution >= 0.6 is 11.5 Å². The van der Waals surface area contributed by atoms with Crippen molar-refractivity contribution < 1.29 is 0 Å². The molecule has 1 N–H and O–H groups in total. The molecule has 1 aromatic heterocycles. The van der Waals surface area contributed by atoms with Crippen LogP contribution in [0.5, 0.6) is 0 Å². The van der Waals surface area contributed by atoms with Crippen molar-refractivity contribution in [2.75, 3.05) is 11.9 Å². The molecule has 1 heterocycles. The van der Waals surface area contributed by atoms with Gasteiger partial charge in [-0.15, -0.1) is 0 Å². The molecule has 1 fully saturated rings. The molecular formula is C10H18N4S. The second-order valence-electron chi connectivity index (χ2n) is 4.99. The first kappa shape index (κ1) is 10.8. The van der Waals surface area contributed by atoms with Crippen molar-refractivity contribution in [3.63, 3.8) is 0 Å². The summed E-state index contributed by atoms with van der Waals surface area (Å²) < 4.78 is 3.74. The van der Waals surface area contributed by atoms with Gasteiger partial charge in [-0.1, -0.05) is 36.3 Å². The molecular weight excluding hydrogens is 208 g/mol. The lowest BCUT2D eigenvalue weighted by molar-refractivity contribution is 0.234. The van der Waals surface area contributed by atoms with Crippen LogP contribution in [0.2, 0.25) is 0 Å². The van der Waals surface area contributed by atoms with Gasteiger partial charge in [-0.2, -0.15) is 0 Å². The predicted octanol–water partition coefficient (Wildman–Crippen LogP) is 2.56. The van der Waals surface area contributed by atoms with Crippen molar-refractivity contribution in [3.05, 3.63) is 0 Å². The van der Waals surface area contributed by atoms with Gasteiger partial charge in [0.1, 0.15) is 0 Å². The average molecular weight is 226 g/mol. The molecule has 84 valence electrons. The summed E-state index contributed by atoms with van der Waals surface area (Å²) in [7, 11) is 0. The molecule has 1 aliphatic carbocycles. The van der Waals surface area contributed by atoms with E-state index in [1.807, 2.05) is 0 Å². The highest BCUT2D eigenvalue weighted by atomic mass is 32.1. The molecule has 0 amide bonds. The monoisotopic (exact) mass is 226 g/mol. The molecule has 0 bridgehead atoms. The smallest absolute Gasteiger partial charge is 0.225 e. The molecule has 1 saturated carbocycles. The van der Waals surface area contributed by atoms with Crippen molar-refractivity contribution >= 4 is 16.7 Å². The highest BCUT2D eigenvalue weighted by molar-refractivity contribution is 7.09. The minimum absolute atomic E-state index is 0.349. The summed E-state index contributed by atoms with van der Waals surface area (Å²) in [6, 6.07) is 0. The fraction of sp³-hybridized carbons (Fsp3) is 0.900. The van der Waals surface area contributed by atoms with Crippen LogP contribution in [0.3, 0.4) is 0 Å². The Morgan fingerprint density at radius 1 is 1.40 bits per heavy atom. The molecule has 0 spiro atoms. The van der Waals surface area contributed by atoms with E-state index in [2.05, 4.69) is 34.0 Å². The molecule has 1 aliphatic rings. The fourth-order valence-electron chi connectivity index (χ4n) is 2.36. The summed E-state index contributed by atoms with van der Waals surface area (Å²) in [6.07, 6.45) is 5.55. The van der Waals surface area contributed by atoms with Crippen molar-refractivity contribution in [1.29, 1.82) is 0 Å². The van der Waals surface area contributed by atoms with Crippen LogP contribution in [0.1, 0.15) is 39.5 Å². The Bertz CT molecular complexity index is 290. The van der Waals surface area contributed by atoms with E-state index < -0.39 is 0 Å². The van der Waals surface area contributed by atoms with Crippen LogP contribution in [-0.2, 0) is 0 Å². The maximum absolute atomic E-state index is 3.89. The zero-order valence-corrected chi connectivity index (χ0v) is 10.2. The topological polar surface area (TPSA) is 50.7 Å². The Morgan fingerprint density at radius 3 is 2.73 bits per heavy atom. The van der Waals surface area contributed by atoms with E-state index in [0.29, 0.717) is 5.41 Å². The van der Waals surface area contributed by atoms with Gasteiger partial charge in [0, 0.05) is 18.1 Å². The largest absolute Gasteiger partial charge is 0.358 e. The van der Waals surface area contributed by atoms with Crippen molar-refractivity contribution in [1.82, 2.24) is 14.8 Å². The summed E-state index contributed by atoms with van der Waals surface area (Å²) in [5.74, 6) is 0.853. The van der Waals surface area contributed by atoms with Gasteiger partial charge in [0.25, 0.3) is 0 Å². The molecule has 0 radical (unpaired) electrons. The Balaban J connectivity index is 1.86. The molecule has 0 unspecified atom stereocenters. The van der Waals surface area contributed by atoms with E-state index in [0.717, 1.165) is 17.6 Å². The highest BCUT2D eigenvalue weighted by Gasteiger charge is 2.31. The van der Waals surface area contributed by atoms with Gasteiger partial charge in [-0.25, -0.2) is 0 Å². The first-order valence-corrected chi connectivity index (χ1v) is 6.35. The maximum Gasteiger partial charge on any atom is 0.225 e. The predicted molar refractivity (Wildman–Crippen MR) is 61.9 cm³/mol. The molecule has 5 heteroatoms. The van der Waals surface area contributed by atoms with E-state index in [4.69, 9.17) is 0 Å². The number of rotatable bonds is 4. The quantitative estimate of drug-likeness (QED) is 0.857. The second kappa shape index (κ2) is 4.43. The molecule has 4 nitrogen and oxygen atoms in total. The lowest BCUT2D eigenvalue weighted by Gasteiger charge is -2.31. The zero-order chi connectivity index (χ0) is 10.7. The Hall–Kier alpha value is -0.710. The van der Waals surface area contributed by atoms with Gasteiger partial charge in [0.05, 0.1) is 0 Å². The molecule has 1 aromatic rings. The fourth-order valence-corrected chi connectivity index (χ4v) is 2.72. The van der Waals surface area contributed by atoms with Gasteiger partial charge in [-0.05, 0) is 29.4 Å². The summed E-state index contributed by atoms with van der Waals surface area (Å²) in [4.78, 5) is 0. The first-order chi connectivity index (χ1) is 7.18. The van der Waals surface area contributed by atoms with Crippen LogP contribution in [0.25, 0.3) is 0 Å². The normalized spacial score (nSPS) is 18.3. The van der Waals surface area contributed by atoms with Gasteiger partial charge >= 0.3 is 0 Å². The van der Waals surface area contributed by atoms with Crippen LogP contribution in [0, 0.1) is 11.3 Å². The van der Waals surface area contributed by atoms with Gasteiger partial charge in [0.15, 0.2) is 0 Å². The standard InChI is InChI=1S/C10H18N4S/c1-10(2,8-5-3-4-6-8)7-11-9-12-13-14-15-9/h8H,3-7H2,1-2H3,(H,11,12,14). The third kappa shape index (κ3) is 2.65. The molecule has 2 rings (SSSR count). The van der Waals surface area contributed by atoms with Gasteiger partial charge in [0.2, 0.25) is 5.13 Å². The molecule has 15 heavy (non-hydrogen) atoms. The van der Waals surface area contributed by atoms with Crippen LogP contribution < -0.4 is 5.32 Å². The molecule has 0 atom stereocenters. The summed E-state index contributed by atoms with van der Waals surface area (Å²) in [6.45, 7) is 5.64. The third-order valence-corrected chi connectivity index (χ3v) is 4.01. The summed E-state index contributed by atoms with van der Waals surface area (Å²) in [5.41, 5.74) is 0.349. The Labute approximate surface area is 94.6 Å². The number of nitrogens with one attached hydrogen (secondary N) is 1. The van der Waals surface area contributed by atoms with Crippen LogP contribution in [0.4, 0.5) is 5.13 Å². The van der Waals surface area contributed by atoms with Crippen molar-refractivity contribution in [2.45, 2.75) is 39.5 Å². The van der Waals surface area contributed by atoms with E-state index in [-0.39, 0.29) is 0 Å². The van der Waals surface area contributed by atoms with Crippen molar-refractivity contribution in [3.8, 4) is 0 Å². The van der Waals surface area contributed by atoms with Gasteiger partial charge in [-0.3, -0.25) is 0 Å². The lowest BCUT2D eigenvalue weighted by Crippen LogP contribution is -2.30. The minimum atomic E-state index is 0.349. The average Bonchev–Trinajstić information content (AvgIpc) is 2.88. The second-order valence-corrected chi connectivity index (χ2v) is 5.72. The molecule has 0 saturated heterocycles. The SMILES string of the molecule is CC(C)(CNc1nnns1)C1CCCC1. The number of nitrogens with zero attached hydrogens (tertiary/aromatic N) is 3. The highest BCUT2D eigenvalue weighted by Crippen LogP contribution is 2.39. The minimum Gasteiger partial charge on any atom is -0.358 e. The Kier molecular flexibility index (Phi) is 3.19. The van der Waals surface area contributed by atoms with E-state index in [1.165, 1.54) is 37.2 Å². The van der Waals surface area contributed by atoms with Crippen molar-refractivity contribution in [2.24, 2.45) is 11.3 Å². The van der Waals surface area contributed by atoms with Crippen LogP contribution in [-0.4, -0.2) is 21.3 Å². The van der Waals surface area contributed by atoms with Gasteiger partial charge < -0.3 is 5.32 Å².